The highest BCUT2D eigenvalue weighted by Gasteiger charge is 2.10. The molecule has 0 aliphatic rings. The molecule has 0 atom stereocenters. The Bertz CT molecular complexity index is 170. The predicted octanol–water partition coefficient (Wildman–Crippen LogP) is 3.67. The summed E-state index contributed by atoms with van der Waals surface area (Å²) < 4.78 is 0. The van der Waals surface area contributed by atoms with Gasteiger partial charge in [0.25, 0.3) is 0 Å². The Balaban J connectivity index is 3.70. The number of unbranched alkanes of at least 4 members (excludes halogenated alkanes) is 2. The molecule has 2 heteroatoms. The number of rotatable bonds is 9. The van der Waals surface area contributed by atoms with E-state index in [-0.39, 0.29) is 5.54 Å². The van der Waals surface area contributed by atoms with Crippen LogP contribution in [-0.4, -0.2) is 36.1 Å². The van der Waals surface area contributed by atoms with Gasteiger partial charge in [0, 0.05) is 11.6 Å². The largest absolute Gasteiger partial charge is 0.312 e. The second-order valence-electron chi connectivity index (χ2n) is 6.37. The van der Waals surface area contributed by atoms with Gasteiger partial charge in [0.2, 0.25) is 0 Å². The highest BCUT2D eigenvalue weighted by molar-refractivity contribution is 4.71. The number of nitrogens with one attached hydrogen (secondary N) is 1. The van der Waals surface area contributed by atoms with E-state index in [0.29, 0.717) is 6.04 Å². The third-order valence-corrected chi connectivity index (χ3v) is 3.06. The Morgan fingerprint density at radius 2 is 1.59 bits per heavy atom. The van der Waals surface area contributed by atoms with Crippen LogP contribution in [0.15, 0.2) is 0 Å². The molecule has 104 valence electrons. The second-order valence-corrected chi connectivity index (χ2v) is 6.37. The maximum absolute atomic E-state index is 3.56. The van der Waals surface area contributed by atoms with Crippen LogP contribution in [0, 0.1) is 0 Å². The fourth-order valence-corrected chi connectivity index (χ4v) is 1.94. The van der Waals surface area contributed by atoms with Gasteiger partial charge in [-0.15, -0.1) is 0 Å². The van der Waals surface area contributed by atoms with Crippen molar-refractivity contribution < 1.29 is 0 Å². The molecule has 0 saturated heterocycles. The van der Waals surface area contributed by atoms with Crippen molar-refractivity contribution in [2.24, 2.45) is 0 Å². The summed E-state index contributed by atoms with van der Waals surface area (Å²) in [7, 11) is 0. The molecule has 0 saturated carbocycles. The van der Waals surface area contributed by atoms with E-state index in [1.165, 1.54) is 38.8 Å². The minimum absolute atomic E-state index is 0.255. The molecule has 0 heterocycles. The van der Waals surface area contributed by atoms with E-state index in [2.05, 4.69) is 51.8 Å². The standard InChI is InChI=1S/C15H34N2/c1-7-8-9-12-17(14(2)3)13-10-11-16-15(4,5)6/h14,16H,7-13H2,1-6H3. The van der Waals surface area contributed by atoms with Gasteiger partial charge in [-0.25, -0.2) is 0 Å². The fourth-order valence-electron chi connectivity index (χ4n) is 1.94. The molecular formula is C15H34N2. The van der Waals surface area contributed by atoms with Crippen LogP contribution in [-0.2, 0) is 0 Å². The van der Waals surface area contributed by atoms with Gasteiger partial charge in [-0.3, -0.25) is 0 Å². The van der Waals surface area contributed by atoms with Crippen LogP contribution in [0.2, 0.25) is 0 Å². The van der Waals surface area contributed by atoms with Crippen LogP contribution in [0.4, 0.5) is 0 Å². The molecule has 0 radical (unpaired) electrons. The molecule has 0 amide bonds. The fraction of sp³-hybridized carbons (Fsp3) is 1.00. The summed E-state index contributed by atoms with van der Waals surface area (Å²) in [5.41, 5.74) is 0.255. The Kier molecular flexibility index (Phi) is 8.89. The third-order valence-electron chi connectivity index (χ3n) is 3.06. The van der Waals surface area contributed by atoms with E-state index >= 15 is 0 Å². The summed E-state index contributed by atoms with van der Waals surface area (Å²) >= 11 is 0. The van der Waals surface area contributed by atoms with Gasteiger partial charge in [0.1, 0.15) is 0 Å². The van der Waals surface area contributed by atoms with Crippen LogP contribution in [0.1, 0.15) is 67.2 Å². The molecule has 17 heavy (non-hydrogen) atoms. The monoisotopic (exact) mass is 242 g/mol. The van der Waals surface area contributed by atoms with Crippen molar-refractivity contribution in [2.45, 2.75) is 78.8 Å². The molecule has 0 aromatic rings. The lowest BCUT2D eigenvalue weighted by atomic mass is 10.1. The van der Waals surface area contributed by atoms with Crippen molar-refractivity contribution in [1.82, 2.24) is 10.2 Å². The average molecular weight is 242 g/mol. The molecule has 0 aromatic heterocycles. The van der Waals surface area contributed by atoms with E-state index in [0.717, 1.165) is 6.54 Å². The van der Waals surface area contributed by atoms with Gasteiger partial charge >= 0.3 is 0 Å². The number of hydrogen-bond acceptors (Lipinski definition) is 2. The quantitative estimate of drug-likeness (QED) is 0.621. The molecule has 1 N–H and O–H groups in total. The van der Waals surface area contributed by atoms with Gasteiger partial charge in [-0.1, -0.05) is 19.8 Å². The maximum Gasteiger partial charge on any atom is 0.00965 e. The van der Waals surface area contributed by atoms with E-state index in [4.69, 9.17) is 0 Å². The molecular weight excluding hydrogens is 208 g/mol. The van der Waals surface area contributed by atoms with Crippen LogP contribution in [0.25, 0.3) is 0 Å². The summed E-state index contributed by atoms with van der Waals surface area (Å²) in [6.07, 6.45) is 5.28. The Hall–Kier alpha value is -0.0800. The van der Waals surface area contributed by atoms with Crippen molar-refractivity contribution in [1.29, 1.82) is 0 Å². The molecule has 0 fully saturated rings. The van der Waals surface area contributed by atoms with Crippen LogP contribution >= 0.6 is 0 Å². The number of nitrogens with zero attached hydrogens (tertiary/aromatic N) is 1. The molecule has 0 aromatic carbocycles. The van der Waals surface area contributed by atoms with E-state index < -0.39 is 0 Å². The first kappa shape index (κ1) is 16.9. The van der Waals surface area contributed by atoms with Crippen molar-refractivity contribution in [3.63, 3.8) is 0 Å². The summed E-state index contributed by atoms with van der Waals surface area (Å²) in [5.74, 6) is 0. The van der Waals surface area contributed by atoms with Crippen molar-refractivity contribution in [3.8, 4) is 0 Å². The minimum Gasteiger partial charge on any atom is -0.312 e. The first-order chi connectivity index (χ1) is 7.87. The van der Waals surface area contributed by atoms with Gasteiger partial charge in [0.05, 0.1) is 0 Å². The topological polar surface area (TPSA) is 15.3 Å². The van der Waals surface area contributed by atoms with Crippen LogP contribution < -0.4 is 5.32 Å². The zero-order valence-electron chi connectivity index (χ0n) is 13.0. The normalized spacial score (nSPS) is 12.7. The zero-order chi connectivity index (χ0) is 13.3. The summed E-state index contributed by atoms with van der Waals surface area (Å²) in [4.78, 5) is 2.61. The Labute approximate surface area is 109 Å². The molecule has 0 rings (SSSR count). The predicted molar refractivity (Wildman–Crippen MR) is 78.6 cm³/mol. The van der Waals surface area contributed by atoms with Gasteiger partial charge in [-0.2, -0.15) is 0 Å². The van der Waals surface area contributed by atoms with Gasteiger partial charge < -0.3 is 10.2 Å². The van der Waals surface area contributed by atoms with Gasteiger partial charge in [-0.05, 0) is 67.1 Å². The van der Waals surface area contributed by atoms with Crippen molar-refractivity contribution >= 4 is 0 Å². The SMILES string of the molecule is CCCCCN(CCCNC(C)(C)C)C(C)C. The lowest BCUT2D eigenvalue weighted by Crippen LogP contribution is -2.39. The smallest absolute Gasteiger partial charge is 0.00965 e. The van der Waals surface area contributed by atoms with Crippen molar-refractivity contribution in [2.75, 3.05) is 19.6 Å². The Morgan fingerprint density at radius 1 is 1.00 bits per heavy atom. The first-order valence-corrected chi connectivity index (χ1v) is 7.36. The first-order valence-electron chi connectivity index (χ1n) is 7.36. The highest BCUT2D eigenvalue weighted by Crippen LogP contribution is 2.05. The minimum atomic E-state index is 0.255. The highest BCUT2D eigenvalue weighted by atomic mass is 15.1. The molecule has 0 spiro atoms. The summed E-state index contributed by atoms with van der Waals surface area (Å²) in [5, 5.41) is 3.56. The third kappa shape index (κ3) is 10.8. The van der Waals surface area contributed by atoms with E-state index in [1.54, 1.807) is 0 Å². The zero-order valence-corrected chi connectivity index (χ0v) is 13.0. The summed E-state index contributed by atoms with van der Waals surface area (Å²) in [6.45, 7) is 17.2. The Morgan fingerprint density at radius 3 is 2.06 bits per heavy atom. The summed E-state index contributed by atoms with van der Waals surface area (Å²) in [6, 6.07) is 0.682. The number of hydrogen-bond donors (Lipinski definition) is 1. The maximum atomic E-state index is 3.56. The van der Waals surface area contributed by atoms with Crippen LogP contribution in [0.3, 0.4) is 0 Å². The molecule has 2 nitrogen and oxygen atoms in total. The van der Waals surface area contributed by atoms with Gasteiger partial charge in [0.15, 0.2) is 0 Å². The average Bonchev–Trinajstić information content (AvgIpc) is 2.19. The molecule has 0 bridgehead atoms. The van der Waals surface area contributed by atoms with Crippen molar-refractivity contribution in [3.05, 3.63) is 0 Å². The second kappa shape index (κ2) is 8.93. The molecule has 0 aliphatic heterocycles. The molecule has 0 aliphatic carbocycles. The van der Waals surface area contributed by atoms with E-state index in [1.807, 2.05) is 0 Å². The van der Waals surface area contributed by atoms with Crippen LogP contribution in [0.5, 0.6) is 0 Å². The lowest BCUT2D eigenvalue weighted by Gasteiger charge is -2.27. The van der Waals surface area contributed by atoms with E-state index in [9.17, 15) is 0 Å². The lowest BCUT2D eigenvalue weighted by molar-refractivity contribution is 0.211. The molecule has 0 unspecified atom stereocenters.